The molecular weight excluding hydrogens is 152 g/mol. The average Bonchev–Trinajstić information content (AvgIpc) is 2.25. The number of rotatable bonds is 1. The highest BCUT2D eigenvalue weighted by Crippen LogP contribution is 1.90. The van der Waals surface area contributed by atoms with Gasteiger partial charge in [-0.15, -0.1) is 0 Å². The summed E-state index contributed by atoms with van der Waals surface area (Å²) in [4.78, 5) is 3.88. The minimum Gasteiger partial charge on any atom is -0.400 e. The number of pyridine rings is 1. The van der Waals surface area contributed by atoms with Crippen LogP contribution in [0.2, 0.25) is 0 Å². The highest BCUT2D eigenvalue weighted by Gasteiger charge is 1.81. The van der Waals surface area contributed by atoms with Crippen molar-refractivity contribution in [3.8, 4) is 0 Å². The average molecular weight is 170 g/mol. The van der Waals surface area contributed by atoms with Crippen LogP contribution >= 0.6 is 0 Å². The number of aliphatic hydroxyl groups excluding tert-OH is 1. The lowest BCUT2D eigenvalue weighted by atomic mass is 10.3. The zero-order valence-corrected chi connectivity index (χ0v) is 7.99. The summed E-state index contributed by atoms with van der Waals surface area (Å²) in [6, 6.07) is 3.83. The van der Waals surface area contributed by atoms with Crippen LogP contribution in [0.15, 0.2) is 24.5 Å². The summed E-state index contributed by atoms with van der Waals surface area (Å²) in [7, 11) is 1.00. The van der Waals surface area contributed by atoms with Gasteiger partial charge in [-0.3, -0.25) is 4.98 Å². The minimum atomic E-state index is 0.577. The predicted octanol–water partition coefficient (Wildman–Crippen LogP) is 1.18. The van der Waals surface area contributed by atoms with Crippen LogP contribution in [0.4, 0.5) is 0 Å². The van der Waals surface area contributed by atoms with E-state index in [9.17, 15) is 0 Å². The van der Waals surface area contributed by atoms with Gasteiger partial charge in [-0.05, 0) is 11.6 Å². The smallest absolute Gasteiger partial charge is 0.0319 e. The molecule has 0 saturated heterocycles. The molecule has 0 unspecified atom stereocenters. The molecule has 12 heavy (non-hydrogen) atoms. The molecule has 0 aliphatic carbocycles. The Balaban J connectivity index is 0. The van der Waals surface area contributed by atoms with Gasteiger partial charge < -0.3 is 10.8 Å². The fourth-order valence-corrected chi connectivity index (χ4v) is 0.519. The molecule has 0 aliphatic rings. The Morgan fingerprint density at radius 1 is 1.42 bits per heavy atom. The largest absolute Gasteiger partial charge is 0.400 e. The summed E-state index contributed by atoms with van der Waals surface area (Å²) in [5.41, 5.74) is 6.39. The molecule has 0 aliphatic heterocycles. The van der Waals surface area contributed by atoms with Crippen LogP contribution in [0.25, 0.3) is 0 Å². The highest BCUT2D eigenvalue weighted by atomic mass is 16.2. The van der Waals surface area contributed by atoms with E-state index in [-0.39, 0.29) is 0 Å². The monoisotopic (exact) mass is 170 g/mol. The molecule has 0 fully saturated rings. The lowest BCUT2D eigenvalue weighted by Crippen LogP contribution is -1.95. The molecule has 0 saturated carbocycles. The van der Waals surface area contributed by atoms with E-state index in [1.54, 1.807) is 12.4 Å². The molecule has 3 nitrogen and oxygen atoms in total. The number of nitrogens with two attached hydrogens (primary N) is 1. The Bertz CT molecular complexity index is 154. The summed E-state index contributed by atoms with van der Waals surface area (Å²) < 4.78 is 0. The number of aliphatic hydroxyl groups is 1. The Hall–Kier alpha value is -0.930. The van der Waals surface area contributed by atoms with E-state index in [0.29, 0.717) is 6.54 Å². The van der Waals surface area contributed by atoms with Gasteiger partial charge in [0.05, 0.1) is 0 Å². The summed E-state index contributed by atoms with van der Waals surface area (Å²) in [5, 5.41) is 7.00. The zero-order valence-electron chi connectivity index (χ0n) is 7.99. The summed E-state index contributed by atoms with van der Waals surface area (Å²) in [5.74, 6) is 0. The first kappa shape index (κ1) is 13.6. The summed E-state index contributed by atoms with van der Waals surface area (Å²) in [6.07, 6.45) is 3.50. The number of hydrogen-bond acceptors (Lipinski definition) is 3. The Morgan fingerprint density at radius 3 is 2.25 bits per heavy atom. The molecule has 70 valence electrons. The van der Waals surface area contributed by atoms with Crippen LogP contribution in [-0.4, -0.2) is 17.2 Å². The van der Waals surface area contributed by atoms with Crippen molar-refractivity contribution in [3.05, 3.63) is 30.1 Å². The number of aromatic nitrogens is 1. The predicted molar refractivity (Wildman–Crippen MR) is 51.6 cm³/mol. The fraction of sp³-hybridized carbons (Fsp3) is 0.444. The van der Waals surface area contributed by atoms with Crippen molar-refractivity contribution in [1.29, 1.82) is 0 Å². The van der Waals surface area contributed by atoms with Crippen molar-refractivity contribution >= 4 is 0 Å². The molecule has 3 N–H and O–H groups in total. The van der Waals surface area contributed by atoms with Gasteiger partial charge in [0.1, 0.15) is 0 Å². The van der Waals surface area contributed by atoms with Crippen molar-refractivity contribution < 1.29 is 5.11 Å². The van der Waals surface area contributed by atoms with Gasteiger partial charge in [0.15, 0.2) is 0 Å². The third kappa shape index (κ3) is 7.18. The molecular formula is C9H18N2O. The van der Waals surface area contributed by atoms with Crippen LogP contribution in [-0.2, 0) is 6.54 Å². The second kappa shape index (κ2) is 12.7. The maximum Gasteiger partial charge on any atom is 0.0319 e. The molecule has 0 spiro atoms. The van der Waals surface area contributed by atoms with Gasteiger partial charge in [0.2, 0.25) is 0 Å². The first-order valence-electron chi connectivity index (χ1n) is 3.97. The van der Waals surface area contributed by atoms with Gasteiger partial charge >= 0.3 is 0 Å². The second-order valence-electron chi connectivity index (χ2n) is 1.57. The van der Waals surface area contributed by atoms with Crippen molar-refractivity contribution in [2.45, 2.75) is 20.4 Å². The van der Waals surface area contributed by atoms with E-state index in [1.807, 2.05) is 26.0 Å². The third-order valence-corrected chi connectivity index (χ3v) is 0.958. The fourth-order valence-electron chi connectivity index (χ4n) is 0.519. The van der Waals surface area contributed by atoms with Gasteiger partial charge in [-0.1, -0.05) is 19.9 Å². The van der Waals surface area contributed by atoms with Crippen molar-refractivity contribution in [2.24, 2.45) is 5.73 Å². The lowest BCUT2D eigenvalue weighted by molar-refractivity contribution is 0.399. The normalized spacial score (nSPS) is 7.08. The lowest BCUT2D eigenvalue weighted by Gasteiger charge is -1.89. The molecule has 3 heteroatoms. The van der Waals surface area contributed by atoms with Crippen molar-refractivity contribution in [2.75, 3.05) is 7.11 Å². The van der Waals surface area contributed by atoms with Gasteiger partial charge in [-0.2, -0.15) is 0 Å². The van der Waals surface area contributed by atoms with Crippen LogP contribution < -0.4 is 5.73 Å². The van der Waals surface area contributed by atoms with Crippen molar-refractivity contribution in [1.82, 2.24) is 4.98 Å². The molecule has 0 amide bonds. The molecule has 1 aromatic rings. The topological polar surface area (TPSA) is 59.1 Å². The summed E-state index contributed by atoms with van der Waals surface area (Å²) in [6.45, 7) is 4.58. The van der Waals surface area contributed by atoms with Crippen LogP contribution in [0.1, 0.15) is 19.4 Å². The summed E-state index contributed by atoms with van der Waals surface area (Å²) >= 11 is 0. The minimum absolute atomic E-state index is 0.577. The van der Waals surface area contributed by atoms with Crippen molar-refractivity contribution in [3.63, 3.8) is 0 Å². The highest BCUT2D eigenvalue weighted by molar-refractivity contribution is 5.06. The van der Waals surface area contributed by atoms with E-state index in [2.05, 4.69) is 4.98 Å². The van der Waals surface area contributed by atoms with Crippen LogP contribution in [0, 0.1) is 0 Å². The second-order valence-corrected chi connectivity index (χ2v) is 1.57. The molecule has 1 rings (SSSR count). The van der Waals surface area contributed by atoms with Gasteiger partial charge in [-0.25, -0.2) is 0 Å². The van der Waals surface area contributed by atoms with Crippen LogP contribution in [0.5, 0.6) is 0 Å². The van der Waals surface area contributed by atoms with Gasteiger partial charge in [0.25, 0.3) is 0 Å². The van der Waals surface area contributed by atoms with E-state index >= 15 is 0 Å². The van der Waals surface area contributed by atoms with Crippen LogP contribution in [0.3, 0.4) is 0 Å². The first-order valence-corrected chi connectivity index (χ1v) is 3.97. The quantitative estimate of drug-likeness (QED) is 0.665. The maximum atomic E-state index is 7.00. The standard InChI is InChI=1S/C6H8N2.C2H6.CH4O/c7-4-6-2-1-3-8-5-6;2*1-2/h1-3,5H,4,7H2;1-2H3;2H,1H3. The molecule has 0 bridgehead atoms. The Morgan fingerprint density at radius 2 is 2.00 bits per heavy atom. The number of nitrogens with zero attached hydrogens (tertiary/aromatic N) is 1. The molecule has 0 radical (unpaired) electrons. The Kier molecular flexibility index (Phi) is 14.5. The Labute approximate surface area is 74.3 Å². The van der Waals surface area contributed by atoms with E-state index in [0.717, 1.165) is 12.7 Å². The van der Waals surface area contributed by atoms with E-state index in [1.165, 1.54) is 0 Å². The zero-order chi connectivity index (χ0) is 9.82. The molecule has 0 atom stereocenters. The maximum absolute atomic E-state index is 7.00. The van der Waals surface area contributed by atoms with E-state index in [4.69, 9.17) is 10.8 Å². The first-order chi connectivity index (χ1) is 5.93. The van der Waals surface area contributed by atoms with E-state index < -0.39 is 0 Å². The molecule has 0 aromatic carbocycles. The molecule has 1 aromatic heterocycles. The number of hydrogen-bond donors (Lipinski definition) is 2. The SMILES string of the molecule is CC.CO.NCc1cccnc1. The van der Waals surface area contributed by atoms with Gasteiger partial charge in [0, 0.05) is 26.0 Å². The molecule has 1 heterocycles. The third-order valence-electron chi connectivity index (χ3n) is 0.958.